The van der Waals surface area contributed by atoms with Gasteiger partial charge < -0.3 is 4.74 Å². The summed E-state index contributed by atoms with van der Waals surface area (Å²) in [6.45, 7) is 2.57. The summed E-state index contributed by atoms with van der Waals surface area (Å²) in [5.41, 5.74) is 4.83. The molecule has 156 valence electrons. The average molecular weight is 413 g/mol. The van der Waals surface area contributed by atoms with E-state index in [0.717, 1.165) is 47.4 Å². The quantitative estimate of drug-likeness (QED) is 0.366. The van der Waals surface area contributed by atoms with E-state index in [9.17, 15) is 0 Å². The Bertz CT molecular complexity index is 1180. The third-order valence-corrected chi connectivity index (χ3v) is 5.74. The Labute approximate surface area is 181 Å². The molecule has 1 aliphatic heterocycles. The molecular weight excluding hydrogens is 389 g/mol. The number of ether oxygens (including phenoxy) is 1. The van der Waals surface area contributed by atoms with Crippen molar-refractivity contribution in [2.45, 2.75) is 32.4 Å². The van der Waals surface area contributed by atoms with E-state index in [4.69, 9.17) is 9.73 Å². The molecule has 0 saturated carbocycles. The van der Waals surface area contributed by atoms with Gasteiger partial charge in [0.25, 0.3) is 0 Å². The first-order chi connectivity index (χ1) is 15.2. The lowest BCUT2D eigenvalue weighted by Crippen LogP contribution is -2.19. The minimum Gasteiger partial charge on any atom is -0.356 e. The van der Waals surface area contributed by atoms with E-state index >= 15 is 4.39 Å². The summed E-state index contributed by atoms with van der Waals surface area (Å²) in [7, 11) is 0. The molecule has 0 N–H and O–H groups in total. The average Bonchev–Trinajstić information content (AvgIpc) is 3.26. The van der Waals surface area contributed by atoms with Crippen molar-refractivity contribution in [1.29, 1.82) is 0 Å². The fraction of sp³-hybridized carbons (Fsp3) is 0.231. The molecule has 1 fully saturated rings. The second kappa shape index (κ2) is 8.44. The van der Waals surface area contributed by atoms with Gasteiger partial charge in [0, 0.05) is 23.1 Å². The van der Waals surface area contributed by atoms with Crippen LogP contribution in [0.2, 0.25) is 0 Å². The number of benzene rings is 3. The summed E-state index contributed by atoms with van der Waals surface area (Å²) in [4.78, 5) is 5.08. The number of halogens is 1. The lowest BCUT2D eigenvalue weighted by atomic mass is 10.0. The Morgan fingerprint density at radius 1 is 1.03 bits per heavy atom. The van der Waals surface area contributed by atoms with Gasteiger partial charge in [0.2, 0.25) is 0 Å². The van der Waals surface area contributed by atoms with E-state index in [1.54, 1.807) is 16.9 Å². The van der Waals surface area contributed by atoms with E-state index in [0.29, 0.717) is 17.5 Å². The summed E-state index contributed by atoms with van der Waals surface area (Å²) in [6, 6.07) is 21.7. The molecule has 0 spiro atoms. The van der Waals surface area contributed by atoms with Crippen LogP contribution in [0.3, 0.4) is 0 Å². The molecule has 31 heavy (non-hydrogen) atoms. The minimum atomic E-state index is -0.293. The molecule has 4 aromatic rings. The Hall–Kier alpha value is -3.31. The number of aliphatic imine (C=N–C) groups is 1. The van der Waals surface area contributed by atoms with Crippen LogP contribution in [-0.2, 0) is 4.74 Å². The number of aromatic nitrogens is 2. The fourth-order valence-electron chi connectivity index (χ4n) is 4.20. The first-order valence-corrected chi connectivity index (χ1v) is 10.7. The van der Waals surface area contributed by atoms with Crippen molar-refractivity contribution < 1.29 is 9.13 Å². The zero-order valence-electron chi connectivity index (χ0n) is 17.5. The van der Waals surface area contributed by atoms with Crippen molar-refractivity contribution in [1.82, 2.24) is 9.78 Å². The van der Waals surface area contributed by atoms with E-state index in [-0.39, 0.29) is 12.0 Å². The first kappa shape index (κ1) is 19.6. The van der Waals surface area contributed by atoms with Gasteiger partial charge in [0.05, 0.1) is 17.6 Å². The van der Waals surface area contributed by atoms with Crippen molar-refractivity contribution in [2.24, 2.45) is 4.99 Å². The van der Waals surface area contributed by atoms with Gasteiger partial charge >= 0.3 is 0 Å². The van der Waals surface area contributed by atoms with Crippen LogP contribution in [0.5, 0.6) is 0 Å². The van der Waals surface area contributed by atoms with Gasteiger partial charge in [-0.2, -0.15) is 5.10 Å². The maximum absolute atomic E-state index is 15.1. The maximum atomic E-state index is 15.1. The number of nitrogens with zero attached hydrogens (tertiary/aromatic N) is 3. The van der Waals surface area contributed by atoms with Gasteiger partial charge in [-0.1, -0.05) is 60.7 Å². The van der Waals surface area contributed by atoms with Crippen molar-refractivity contribution in [2.75, 3.05) is 6.61 Å². The van der Waals surface area contributed by atoms with E-state index in [2.05, 4.69) is 5.10 Å². The predicted octanol–water partition coefficient (Wildman–Crippen LogP) is 6.35. The molecule has 1 atom stereocenters. The highest BCUT2D eigenvalue weighted by molar-refractivity contribution is 6.15. The largest absolute Gasteiger partial charge is 0.356 e. The molecule has 0 radical (unpaired) electrons. The Morgan fingerprint density at radius 3 is 2.32 bits per heavy atom. The zero-order chi connectivity index (χ0) is 21.2. The molecule has 3 aromatic carbocycles. The summed E-state index contributed by atoms with van der Waals surface area (Å²) in [5, 5.41) is 5.22. The maximum Gasteiger partial charge on any atom is 0.150 e. The van der Waals surface area contributed by atoms with E-state index in [1.807, 2.05) is 67.6 Å². The monoisotopic (exact) mass is 413 g/mol. The van der Waals surface area contributed by atoms with E-state index < -0.39 is 0 Å². The Balaban J connectivity index is 1.71. The molecule has 1 unspecified atom stereocenters. The third-order valence-electron chi connectivity index (χ3n) is 5.74. The van der Waals surface area contributed by atoms with Gasteiger partial charge in [0.15, 0.2) is 6.23 Å². The number of aryl methyl sites for hydroxylation is 1. The van der Waals surface area contributed by atoms with Crippen LogP contribution in [-0.4, -0.2) is 22.1 Å². The Kier molecular flexibility index (Phi) is 5.35. The topological polar surface area (TPSA) is 39.4 Å². The van der Waals surface area contributed by atoms with Crippen molar-refractivity contribution >= 4 is 22.3 Å². The summed E-state index contributed by atoms with van der Waals surface area (Å²) in [5.74, 6) is -0.293. The molecule has 4 nitrogen and oxygen atoms in total. The number of hydrogen-bond acceptors (Lipinski definition) is 3. The van der Waals surface area contributed by atoms with Crippen LogP contribution in [0.15, 0.2) is 77.9 Å². The van der Waals surface area contributed by atoms with Gasteiger partial charge in [0.1, 0.15) is 11.3 Å². The van der Waals surface area contributed by atoms with Gasteiger partial charge in [-0.05, 0) is 37.8 Å². The van der Waals surface area contributed by atoms with Crippen molar-refractivity contribution in [3.8, 4) is 0 Å². The fourth-order valence-corrected chi connectivity index (χ4v) is 4.20. The molecule has 1 saturated heterocycles. The first-order valence-electron chi connectivity index (χ1n) is 10.7. The molecule has 0 aliphatic carbocycles. The molecule has 0 bridgehead atoms. The summed E-state index contributed by atoms with van der Waals surface area (Å²) >= 11 is 0. The van der Waals surface area contributed by atoms with Crippen molar-refractivity contribution in [3.05, 3.63) is 95.4 Å². The van der Waals surface area contributed by atoms with E-state index in [1.165, 1.54) is 0 Å². The second-order valence-corrected chi connectivity index (χ2v) is 7.89. The van der Waals surface area contributed by atoms with Crippen LogP contribution in [0.1, 0.15) is 42.2 Å². The van der Waals surface area contributed by atoms with Crippen LogP contribution >= 0.6 is 0 Å². The normalized spacial score (nSPS) is 16.4. The highest BCUT2D eigenvalue weighted by Crippen LogP contribution is 2.36. The molecule has 5 rings (SSSR count). The summed E-state index contributed by atoms with van der Waals surface area (Å²) < 4.78 is 22.7. The zero-order valence-corrected chi connectivity index (χ0v) is 17.5. The van der Waals surface area contributed by atoms with Crippen LogP contribution < -0.4 is 0 Å². The molecular formula is C26H24FN3O. The highest BCUT2D eigenvalue weighted by Gasteiger charge is 2.23. The molecule has 5 heteroatoms. The van der Waals surface area contributed by atoms with Crippen LogP contribution in [0.4, 0.5) is 10.1 Å². The van der Waals surface area contributed by atoms with Gasteiger partial charge in [-0.3, -0.25) is 0 Å². The van der Waals surface area contributed by atoms with Gasteiger partial charge in [-0.25, -0.2) is 14.1 Å². The number of hydrogen-bond donors (Lipinski definition) is 0. The molecule has 1 aliphatic rings. The van der Waals surface area contributed by atoms with Gasteiger partial charge in [-0.15, -0.1) is 0 Å². The molecule has 1 aromatic heterocycles. The smallest absolute Gasteiger partial charge is 0.150 e. The second-order valence-electron chi connectivity index (χ2n) is 7.89. The van der Waals surface area contributed by atoms with Crippen LogP contribution in [0.25, 0.3) is 10.9 Å². The minimum absolute atomic E-state index is 0.233. The standard InChI is InChI=1S/C26H24FN3O/c1-18-16-22(27)26-21(17-28-30(26)23-14-8-9-15-31-23)24(18)29-25(19-10-4-2-5-11-19)20-12-6-3-7-13-20/h2-7,10-13,16-17,23H,8-9,14-15H2,1H3. The molecule has 0 amide bonds. The molecule has 2 heterocycles. The highest BCUT2D eigenvalue weighted by atomic mass is 19.1. The van der Waals surface area contributed by atoms with Crippen molar-refractivity contribution in [3.63, 3.8) is 0 Å². The third kappa shape index (κ3) is 3.77. The SMILES string of the molecule is Cc1cc(F)c2c(cnn2C2CCCCO2)c1N=C(c1ccccc1)c1ccccc1. The lowest BCUT2D eigenvalue weighted by molar-refractivity contribution is -0.0369. The predicted molar refractivity (Wildman–Crippen MR) is 121 cm³/mol. The number of rotatable bonds is 4. The Morgan fingerprint density at radius 2 is 1.71 bits per heavy atom. The number of fused-ring (bicyclic) bond motifs is 1. The lowest BCUT2D eigenvalue weighted by Gasteiger charge is -2.23. The van der Waals surface area contributed by atoms with Crippen LogP contribution in [0, 0.1) is 12.7 Å². The summed E-state index contributed by atoms with van der Waals surface area (Å²) in [6.07, 6.45) is 4.40.